The molecule has 2 N–H and O–H groups in total. The van der Waals surface area contributed by atoms with Gasteiger partial charge < -0.3 is 10.6 Å². The quantitative estimate of drug-likeness (QED) is 0.492. The van der Waals surface area contributed by atoms with Crippen LogP contribution in [0.3, 0.4) is 0 Å². The second kappa shape index (κ2) is 7.60. The fourth-order valence-corrected chi connectivity index (χ4v) is 3.79. The van der Waals surface area contributed by atoms with Gasteiger partial charge in [-0.1, -0.05) is 42.5 Å². The lowest BCUT2D eigenvalue weighted by atomic mass is 10.2. The van der Waals surface area contributed by atoms with E-state index >= 15 is 0 Å². The average Bonchev–Trinajstić information content (AvgIpc) is 3.13. The van der Waals surface area contributed by atoms with Gasteiger partial charge in [0.25, 0.3) is 0 Å². The highest BCUT2D eigenvalue weighted by Crippen LogP contribution is 2.31. The number of para-hydroxylation sites is 2. The first-order valence-electron chi connectivity index (χ1n) is 8.77. The van der Waals surface area contributed by atoms with Gasteiger partial charge in [-0.25, -0.2) is 4.98 Å². The van der Waals surface area contributed by atoms with Crippen molar-refractivity contribution in [3.63, 3.8) is 0 Å². The van der Waals surface area contributed by atoms with Gasteiger partial charge in [0.15, 0.2) is 0 Å². The second-order valence-electron chi connectivity index (χ2n) is 6.29. The van der Waals surface area contributed by atoms with Gasteiger partial charge in [0.1, 0.15) is 11.0 Å². The number of nitrogens with zero attached hydrogens (tertiary/aromatic N) is 1. The first-order chi connectivity index (χ1) is 13.2. The molecule has 0 unspecified atom stereocenters. The maximum Gasteiger partial charge on any atom is 0.246 e. The Morgan fingerprint density at radius 2 is 1.67 bits per heavy atom. The molecule has 0 saturated heterocycles. The fourth-order valence-electron chi connectivity index (χ4n) is 2.83. The molecule has 27 heavy (non-hydrogen) atoms. The minimum absolute atomic E-state index is 0.0772. The molecule has 4 nitrogen and oxygen atoms in total. The molecule has 0 aliphatic heterocycles. The number of hydrogen-bond donors (Lipinski definition) is 2. The van der Waals surface area contributed by atoms with Gasteiger partial charge in [0, 0.05) is 16.9 Å². The summed E-state index contributed by atoms with van der Waals surface area (Å²) in [6.07, 6.45) is 0. The Hall–Kier alpha value is -3.18. The third-order valence-electron chi connectivity index (χ3n) is 4.22. The van der Waals surface area contributed by atoms with Gasteiger partial charge in [-0.3, -0.25) is 4.79 Å². The number of amides is 1. The Balaban J connectivity index is 1.49. The summed E-state index contributed by atoms with van der Waals surface area (Å²) in [5.74, 6) is -0.0772. The number of carbonyl (C=O) groups excluding carboxylic acids is 1. The molecule has 4 rings (SSSR count). The molecule has 3 aromatic carbocycles. The number of carbonyl (C=O) groups is 1. The van der Waals surface area contributed by atoms with Gasteiger partial charge in [-0.2, -0.15) is 0 Å². The summed E-state index contributed by atoms with van der Waals surface area (Å²) >= 11 is 1.67. The summed E-state index contributed by atoms with van der Waals surface area (Å²) in [5, 5.41) is 7.16. The van der Waals surface area contributed by atoms with Crippen LogP contribution >= 0.6 is 11.3 Å². The van der Waals surface area contributed by atoms with E-state index in [0.717, 1.165) is 27.5 Å². The Morgan fingerprint density at radius 3 is 2.48 bits per heavy atom. The highest BCUT2D eigenvalue weighted by Gasteiger charge is 2.13. The van der Waals surface area contributed by atoms with E-state index in [2.05, 4.69) is 16.7 Å². The molecule has 0 spiro atoms. The van der Waals surface area contributed by atoms with E-state index in [9.17, 15) is 4.79 Å². The fraction of sp³-hybridized carbons (Fsp3) is 0.0909. The smallest absolute Gasteiger partial charge is 0.246 e. The Labute approximate surface area is 161 Å². The zero-order valence-electron chi connectivity index (χ0n) is 14.8. The Morgan fingerprint density at radius 1 is 0.926 bits per heavy atom. The number of anilines is 2. The van der Waals surface area contributed by atoms with E-state index in [-0.39, 0.29) is 11.9 Å². The van der Waals surface area contributed by atoms with Gasteiger partial charge in [-0.15, -0.1) is 11.3 Å². The average molecular weight is 373 g/mol. The lowest BCUT2D eigenvalue weighted by Crippen LogP contribution is -2.31. The van der Waals surface area contributed by atoms with Crippen molar-refractivity contribution in [2.24, 2.45) is 0 Å². The SMILES string of the molecule is C[C@@H](Nc1cccc(-c2nc3ccccc3s2)c1)C(=O)Nc1ccccc1. The van der Waals surface area contributed by atoms with E-state index in [1.807, 2.05) is 79.7 Å². The molecule has 0 fully saturated rings. The van der Waals surface area contributed by atoms with Crippen LogP contribution in [0.15, 0.2) is 78.9 Å². The highest BCUT2D eigenvalue weighted by molar-refractivity contribution is 7.21. The van der Waals surface area contributed by atoms with Gasteiger partial charge >= 0.3 is 0 Å². The van der Waals surface area contributed by atoms with Crippen LogP contribution in [0.1, 0.15) is 6.92 Å². The molecule has 134 valence electrons. The van der Waals surface area contributed by atoms with Crippen LogP contribution in [0.2, 0.25) is 0 Å². The van der Waals surface area contributed by atoms with Crippen molar-refractivity contribution < 1.29 is 4.79 Å². The van der Waals surface area contributed by atoms with Crippen LogP contribution < -0.4 is 10.6 Å². The zero-order chi connectivity index (χ0) is 18.6. The van der Waals surface area contributed by atoms with Crippen LogP contribution in [0, 0.1) is 0 Å². The molecular weight excluding hydrogens is 354 g/mol. The van der Waals surface area contributed by atoms with E-state index < -0.39 is 0 Å². The number of aromatic nitrogens is 1. The molecule has 1 heterocycles. The van der Waals surface area contributed by atoms with Crippen molar-refractivity contribution in [2.75, 3.05) is 10.6 Å². The normalized spacial score (nSPS) is 11.9. The van der Waals surface area contributed by atoms with Crippen molar-refractivity contribution in [2.45, 2.75) is 13.0 Å². The molecule has 1 atom stereocenters. The first-order valence-corrected chi connectivity index (χ1v) is 9.59. The standard InChI is InChI=1S/C22H19N3OS/c1-15(21(26)24-17-9-3-2-4-10-17)23-18-11-7-8-16(14-18)22-25-19-12-5-6-13-20(19)27-22/h2-15,23H,1H3,(H,24,26)/t15-/m1/s1. The molecule has 0 radical (unpaired) electrons. The predicted octanol–water partition coefficient (Wildman–Crippen LogP) is 5.40. The summed E-state index contributed by atoms with van der Waals surface area (Å²) in [4.78, 5) is 17.1. The van der Waals surface area contributed by atoms with Crippen molar-refractivity contribution in [1.82, 2.24) is 4.98 Å². The number of thiazole rings is 1. The topological polar surface area (TPSA) is 54.0 Å². The van der Waals surface area contributed by atoms with Crippen molar-refractivity contribution >= 4 is 38.8 Å². The van der Waals surface area contributed by atoms with E-state index in [1.165, 1.54) is 4.70 Å². The molecule has 1 amide bonds. The van der Waals surface area contributed by atoms with E-state index in [0.29, 0.717) is 0 Å². The summed E-state index contributed by atoms with van der Waals surface area (Å²) in [6, 6.07) is 25.2. The largest absolute Gasteiger partial charge is 0.374 e. The third kappa shape index (κ3) is 3.99. The van der Waals surface area contributed by atoms with Gasteiger partial charge in [0.2, 0.25) is 5.91 Å². The summed E-state index contributed by atoms with van der Waals surface area (Å²) in [5.41, 5.74) is 3.73. The first kappa shape index (κ1) is 17.2. The molecule has 5 heteroatoms. The Kier molecular flexibility index (Phi) is 4.85. The highest BCUT2D eigenvalue weighted by atomic mass is 32.1. The summed E-state index contributed by atoms with van der Waals surface area (Å²) < 4.78 is 1.17. The number of hydrogen-bond acceptors (Lipinski definition) is 4. The number of benzene rings is 3. The number of rotatable bonds is 5. The number of nitrogens with one attached hydrogen (secondary N) is 2. The second-order valence-corrected chi connectivity index (χ2v) is 7.32. The molecule has 0 bridgehead atoms. The van der Waals surface area contributed by atoms with Crippen LogP contribution in [-0.4, -0.2) is 16.9 Å². The molecule has 0 aliphatic rings. The molecule has 1 aromatic heterocycles. The van der Waals surface area contributed by atoms with Crippen LogP contribution in [0.25, 0.3) is 20.8 Å². The minimum Gasteiger partial charge on any atom is -0.374 e. The third-order valence-corrected chi connectivity index (χ3v) is 5.31. The minimum atomic E-state index is -0.365. The zero-order valence-corrected chi connectivity index (χ0v) is 15.7. The maximum atomic E-state index is 12.4. The van der Waals surface area contributed by atoms with E-state index in [1.54, 1.807) is 11.3 Å². The van der Waals surface area contributed by atoms with Crippen molar-refractivity contribution in [1.29, 1.82) is 0 Å². The van der Waals surface area contributed by atoms with Crippen molar-refractivity contribution in [3.05, 3.63) is 78.9 Å². The maximum absolute atomic E-state index is 12.4. The van der Waals surface area contributed by atoms with Gasteiger partial charge in [0.05, 0.1) is 10.2 Å². The molecule has 0 saturated carbocycles. The van der Waals surface area contributed by atoms with Crippen molar-refractivity contribution in [3.8, 4) is 10.6 Å². The molecular formula is C22H19N3OS. The molecule has 4 aromatic rings. The van der Waals surface area contributed by atoms with Crippen LogP contribution in [0.4, 0.5) is 11.4 Å². The summed E-state index contributed by atoms with van der Waals surface area (Å²) in [6.45, 7) is 1.85. The van der Waals surface area contributed by atoms with Crippen LogP contribution in [-0.2, 0) is 4.79 Å². The van der Waals surface area contributed by atoms with Crippen LogP contribution in [0.5, 0.6) is 0 Å². The summed E-state index contributed by atoms with van der Waals surface area (Å²) in [7, 11) is 0. The number of fused-ring (bicyclic) bond motifs is 1. The monoisotopic (exact) mass is 373 g/mol. The molecule has 0 aliphatic carbocycles. The Bertz CT molecular complexity index is 1040. The predicted molar refractivity (Wildman–Crippen MR) is 113 cm³/mol. The van der Waals surface area contributed by atoms with Gasteiger partial charge in [-0.05, 0) is 43.3 Å². The lowest BCUT2D eigenvalue weighted by molar-refractivity contribution is -0.116. The lowest BCUT2D eigenvalue weighted by Gasteiger charge is -2.15. The van der Waals surface area contributed by atoms with E-state index in [4.69, 9.17) is 4.98 Å².